The molecule has 0 bridgehead atoms. The lowest BCUT2D eigenvalue weighted by Gasteiger charge is -2.11. The molecule has 0 saturated heterocycles. The second kappa shape index (κ2) is 9.46. The van der Waals surface area contributed by atoms with Crippen molar-refractivity contribution in [2.24, 2.45) is 5.10 Å². The molecule has 3 N–H and O–H groups in total. The molecule has 0 aliphatic rings. The highest BCUT2D eigenvalue weighted by molar-refractivity contribution is 6.01. The number of benzene rings is 2. The average Bonchev–Trinajstić information content (AvgIpc) is 2.66. The molecule has 0 unspecified atom stereocenters. The van der Waals surface area contributed by atoms with Gasteiger partial charge in [0, 0.05) is 11.3 Å². The highest BCUT2D eigenvalue weighted by Crippen LogP contribution is 2.28. The van der Waals surface area contributed by atoms with Crippen molar-refractivity contribution in [2.45, 2.75) is 26.7 Å². The Morgan fingerprint density at radius 1 is 1.12 bits per heavy atom. The first-order chi connectivity index (χ1) is 12.5. The molecule has 6 nitrogen and oxygen atoms in total. The summed E-state index contributed by atoms with van der Waals surface area (Å²) >= 11 is 0. The van der Waals surface area contributed by atoms with Gasteiger partial charge in [0.1, 0.15) is 0 Å². The monoisotopic (exact) mass is 355 g/mol. The van der Waals surface area contributed by atoms with E-state index in [-0.39, 0.29) is 5.91 Å². The van der Waals surface area contributed by atoms with E-state index in [4.69, 9.17) is 15.2 Å². The van der Waals surface area contributed by atoms with Crippen LogP contribution in [0.5, 0.6) is 11.5 Å². The summed E-state index contributed by atoms with van der Waals surface area (Å²) in [6, 6.07) is 12.4. The smallest absolute Gasteiger partial charge is 0.271 e. The Balaban J connectivity index is 2.06. The quantitative estimate of drug-likeness (QED) is 0.328. The van der Waals surface area contributed by atoms with Gasteiger partial charge in [-0.3, -0.25) is 4.79 Å². The summed E-state index contributed by atoms with van der Waals surface area (Å²) in [5, 5.41) is 4.14. The molecule has 1 amide bonds. The van der Waals surface area contributed by atoms with Gasteiger partial charge in [-0.15, -0.1) is 0 Å². The van der Waals surface area contributed by atoms with E-state index in [1.807, 2.05) is 19.1 Å². The molecule has 2 rings (SSSR count). The molecule has 0 heterocycles. The zero-order chi connectivity index (χ0) is 18.9. The van der Waals surface area contributed by atoms with Gasteiger partial charge in [0.2, 0.25) is 0 Å². The summed E-state index contributed by atoms with van der Waals surface area (Å²) in [7, 11) is 1.55. The van der Waals surface area contributed by atoms with Crippen molar-refractivity contribution in [2.75, 3.05) is 19.5 Å². The van der Waals surface area contributed by atoms with Crippen LogP contribution in [0, 0.1) is 0 Å². The molecule has 0 atom stereocenters. The van der Waals surface area contributed by atoms with Crippen LogP contribution in [0.25, 0.3) is 0 Å². The summed E-state index contributed by atoms with van der Waals surface area (Å²) in [6.07, 6.45) is 2.01. The number of rotatable bonds is 8. The molecule has 0 aliphatic carbocycles. The zero-order valence-corrected chi connectivity index (χ0v) is 15.4. The minimum absolute atomic E-state index is 0.321. The Morgan fingerprint density at radius 2 is 1.81 bits per heavy atom. The maximum atomic E-state index is 12.3. The number of nitrogens with one attached hydrogen (secondary N) is 1. The fraction of sp³-hybridized carbons (Fsp3) is 0.300. The molecule has 138 valence electrons. The highest BCUT2D eigenvalue weighted by Gasteiger charge is 2.11. The van der Waals surface area contributed by atoms with Crippen molar-refractivity contribution in [3.8, 4) is 11.5 Å². The molecular weight excluding hydrogens is 330 g/mol. The predicted molar refractivity (Wildman–Crippen MR) is 104 cm³/mol. The van der Waals surface area contributed by atoms with Gasteiger partial charge in [0.15, 0.2) is 11.5 Å². The van der Waals surface area contributed by atoms with Crippen LogP contribution in [0.15, 0.2) is 47.6 Å². The van der Waals surface area contributed by atoms with Crippen molar-refractivity contribution in [1.82, 2.24) is 5.43 Å². The number of hydrogen-bond donors (Lipinski definition) is 2. The van der Waals surface area contributed by atoms with Crippen LogP contribution in [0.2, 0.25) is 0 Å². The van der Waals surface area contributed by atoms with Crippen molar-refractivity contribution in [3.05, 3.63) is 53.6 Å². The molecule has 2 aromatic rings. The normalized spacial score (nSPS) is 11.1. The first kappa shape index (κ1) is 19.3. The van der Waals surface area contributed by atoms with E-state index < -0.39 is 0 Å². The number of methoxy groups -OCH3 is 1. The summed E-state index contributed by atoms with van der Waals surface area (Å²) in [5.41, 5.74) is 10.9. The van der Waals surface area contributed by atoms with Crippen LogP contribution in [0.1, 0.15) is 42.6 Å². The Morgan fingerprint density at radius 3 is 2.46 bits per heavy atom. The minimum Gasteiger partial charge on any atom is -0.493 e. The first-order valence-electron chi connectivity index (χ1n) is 8.56. The van der Waals surface area contributed by atoms with Gasteiger partial charge in [-0.2, -0.15) is 5.10 Å². The zero-order valence-electron chi connectivity index (χ0n) is 15.4. The molecule has 6 heteroatoms. The van der Waals surface area contributed by atoms with E-state index in [0.29, 0.717) is 35.1 Å². The molecule has 0 aliphatic heterocycles. The largest absolute Gasteiger partial charge is 0.493 e. The second-order valence-electron chi connectivity index (χ2n) is 5.83. The molecule has 0 saturated carbocycles. The number of hydrogen-bond acceptors (Lipinski definition) is 5. The third-order valence-corrected chi connectivity index (χ3v) is 3.83. The second-order valence-corrected chi connectivity index (χ2v) is 5.83. The highest BCUT2D eigenvalue weighted by atomic mass is 16.5. The van der Waals surface area contributed by atoms with Gasteiger partial charge in [-0.1, -0.05) is 25.5 Å². The topological polar surface area (TPSA) is 85.9 Å². The Labute approximate surface area is 154 Å². The van der Waals surface area contributed by atoms with Gasteiger partial charge < -0.3 is 15.2 Å². The Kier molecular flexibility index (Phi) is 7.02. The maximum Gasteiger partial charge on any atom is 0.271 e. The third kappa shape index (κ3) is 5.24. The lowest BCUT2D eigenvalue weighted by molar-refractivity contribution is 0.0954. The lowest BCUT2D eigenvalue weighted by atomic mass is 10.1. The number of carbonyl (C=O) groups is 1. The summed E-state index contributed by atoms with van der Waals surface area (Å²) in [4.78, 5) is 12.3. The first-order valence-corrected chi connectivity index (χ1v) is 8.56. The number of amides is 1. The standard InChI is InChI=1S/C20H25N3O3/c1-4-5-12-26-18-11-8-16(13-19(18)25-3)20(24)23-22-14(2)15-6-9-17(21)10-7-15/h6-11,13H,4-5,12,21H2,1-3H3,(H,23,24)/b22-14-. The molecule has 26 heavy (non-hydrogen) atoms. The number of carbonyl (C=O) groups excluding carboxylic acids is 1. The fourth-order valence-electron chi connectivity index (χ4n) is 2.24. The molecule has 0 radical (unpaired) electrons. The van der Waals surface area contributed by atoms with E-state index in [9.17, 15) is 4.79 Å². The maximum absolute atomic E-state index is 12.3. The van der Waals surface area contributed by atoms with E-state index in [1.54, 1.807) is 37.4 Å². The number of nitrogens with zero attached hydrogens (tertiary/aromatic N) is 1. The molecule has 0 fully saturated rings. The van der Waals surface area contributed by atoms with Crippen LogP contribution >= 0.6 is 0 Å². The Hall–Kier alpha value is -3.02. The number of nitrogen functional groups attached to an aromatic ring is 1. The predicted octanol–water partition coefficient (Wildman–Crippen LogP) is 3.61. The molecular formula is C20H25N3O3. The summed E-state index contributed by atoms with van der Waals surface area (Å²) in [5.74, 6) is 0.824. The number of ether oxygens (including phenoxy) is 2. The van der Waals surface area contributed by atoms with Gasteiger partial charge in [0.05, 0.1) is 19.4 Å². The summed E-state index contributed by atoms with van der Waals surface area (Å²) < 4.78 is 11.0. The fourth-order valence-corrected chi connectivity index (χ4v) is 2.24. The van der Waals surface area contributed by atoms with Crippen LogP contribution in [0.4, 0.5) is 5.69 Å². The van der Waals surface area contributed by atoms with Crippen molar-refractivity contribution >= 4 is 17.3 Å². The van der Waals surface area contributed by atoms with Crippen molar-refractivity contribution in [3.63, 3.8) is 0 Å². The SMILES string of the molecule is CCCCOc1ccc(C(=O)N/N=C(/C)c2ccc(N)cc2)cc1OC. The van der Waals surface area contributed by atoms with Gasteiger partial charge >= 0.3 is 0 Å². The van der Waals surface area contributed by atoms with Gasteiger partial charge in [-0.05, 0) is 49.2 Å². The van der Waals surface area contributed by atoms with E-state index >= 15 is 0 Å². The van der Waals surface area contributed by atoms with Crippen molar-refractivity contribution < 1.29 is 14.3 Å². The Bertz CT molecular complexity index is 770. The number of anilines is 1. The van der Waals surface area contributed by atoms with Gasteiger partial charge in [-0.25, -0.2) is 5.43 Å². The molecule has 0 spiro atoms. The van der Waals surface area contributed by atoms with E-state index in [0.717, 1.165) is 18.4 Å². The van der Waals surface area contributed by atoms with Crippen molar-refractivity contribution in [1.29, 1.82) is 0 Å². The van der Waals surface area contributed by atoms with Crippen LogP contribution in [-0.4, -0.2) is 25.3 Å². The van der Waals surface area contributed by atoms with E-state index in [2.05, 4.69) is 17.5 Å². The number of hydrazone groups is 1. The molecule has 0 aromatic heterocycles. The number of unbranched alkanes of at least 4 members (excludes halogenated alkanes) is 1. The summed E-state index contributed by atoms with van der Waals surface area (Å²) in [6.45, 7) is 4.53. The van der Waals surface area contributed by atoms with Crippen LogP contribution < -0.4 is 20.6 Å². The minimum atomic E-state index is -0.321. The van der Waals surface area contributed by atoms with Gasteiger partial charge in [0.25, 0.3) is 5.91 Å². The average molecular weight is 355 g/mol. The van der Waals surface area contributed by atoms with Crippen LogP contribution in [0.3, 0.4) is 0 Å². The third-order valence-electron chi connectivity index (χ3n) is 3.83. The van der Waals surface area contributed by atoms with Crippen LogP contribution in [-0.2, 0) is 0 Å². The van der Waals surface area contributed by atoms with E-state index in [1.165, 1.54) is 0 Å². The lowest BCUT2D eigenvalue weighted by Crippen LogP contribution is -2.19. The number of nitrogens with two attached hydrogens (primary N) is 1. The molecule has 2 aromatic carbocycles.